The van der Waals surface area contributed by atoms with Gasteiger partial charge in [0.15, 0.2) is 5.96 Å². The molecule has 0 fully saturated rings. The van der Waals surface area contributed by atoms with E-state index in [9.17, 15) is 0 Å². The van der Waals surface area contributed by atoms with E-state index >= 15 is 0 Å². The lowest BCUT2D eigenvalue weighted by molar-refractivity contribution is 0.259. The monoisotopic (exact) mass is 283 g/mol. The van der Waals surface area contributed by atoms with Gasteiger partial charge in [0, 0.05) is 13.1 Å². The number of guanidine groups is 1. The minimum Gasteiger partial charge on any atom is -0.370 e. The van der Waals surface area contributed by atoms with Gasteiger partial charge < -0.3 is 10.6 Å². The largest absolute Gasteiger partial charge is 0.370 e. The maximum Gasteiger partial charge on any atom is 0.188 e. The standard InChI is InChI=1S/C17H37N3/c1-5-9-11-15(7-3)13-20(17(18)19)14-16(8-4)12-10-6-2/h15-16H,5-14H2,1-4H3,(H3,18,19). The molecule has 20 heavy (non-hydrogen) atoms. The first-order valence-electron chi connectivity index (χ1n) is 8.67. The number of unbranched alkanes of at least 4 members (excludes halogenated alkanes) is 2. The van der Waals surface area contributed by atoms with Crippen molar-refractivity contribution in [1.29, 1.82) is 5.41 Å². The third kappa shape index (κ3) is 8.44. The molecule has 0 bridgehead atoms. The van der Waals surface area contributed by atoms with Crippen molar-refractivity contribution >= 4 is 5.96 Å². The number of rotatable bonds is 12. The lowest BCUT2D eigenvalue weighted by atomic mass is 9.96. The van der Waals surface area contributed by atoms with Crippen molar-refractivity contribution in [1.82, 2.24) is 4.90 Å². The second-order valence-electron chi connectivity index (χ2n) is 6.12. The second-order valence-corrected chi connectivity index (χ2v) is 6.12. The number of nitrogens with one attached hydrogen (secondary N) is 1. The van der Waals surface area contributed by atoms with Crippen molar-refractivity contribution < 1.29 is 0 Å². The zero-order valence-corrected chi connectivity index (χ0v) is 14.3. The average molecular weight is 284 g/mol. The summed E-state index contributed by atoms with van der Waals surface area (Å²) in [5.74, 6) is 1.62. The smallest absolute Gasteiger partial charge is 0.188 e. The fourth-order valence-electron chi connectivity index (χ4n) is 2.73. The molecule has 3 nitrogen and oxygen atoms in total. The Hall–Kier alpha value is -0.730. The SMILES string of the molecule is CCCCC(CC)CN(CC(CC)CCCC)C(=N)N. The van der Waals surface area contributed by atoms with Crippen LogP contribution >= 0.6 is 0 Å². The molecule has 0 aromatic rings. The highest BCUT2D eigenvalue weighted by Crippen LogP contribution is 2.18. The molecular formula is C17H37N3. The Bertz CT molecular complexity index is 222. The van der Waals surface area contributed by atoms with Crippen molar-refractivity contribution in [3.8, 4) is 0 Å². The molecule has 0 aromatic carbocycles. The van der Waals surface area contributed by atoms with Gasteiger partial charge in [0.25, 0.3) is 0 Å². The Morgan fingerprint density at radius 3 is 1.55 bits per heavy atom. The van der Waals surface area contributed by atoms with E-state index in [2.05, 4.69) is 32.6 Å². The van der Waals surface area contributed by atoms with Gasteiger partial charge >= 0.3 is 0 Å². The lowest BCUT2D eigenvalue weighted by Crippen LogP contribution is -2.42. The summed E-state index contributed by atoms with van der Waals surface area (Å²) in [6.07, 6.45) is 10.0. The summed E-state index contributed by atoms with van der Waals surface area (Å²) < 4.78 is 0. The van der Waals surface area contributed by atoms with Crippen molar-refractivity contribution in [3.63, 3.8) is 0 Å². The summed E-state index contributed by atoms with van der Waals surface area (Å²) in [4.78, 5) is 2.12. The molecule has 0 aliphatic carbocycles. The molecule has 2 atom stereocenters. The molecule has 120 valence electrons. The Kier molecular flexibility index (Phi) is 11.6. The number of nitrogens with zero attached hydrogens (tertiary/aromatic N) is 1. The van der Waals surface area contributed by atoms with Gasteiger partial charge in [-0.15, -0.1) is 0 Å². The summed E-state index contributed by atoms with van der Waals surface area (Å²) in [7, 11) is 0. The molecular weight excluding hydrogens is 246 g/mol. The molecule has 0 heterocycles. The van der Waals surface area contributed by atoms with Gasteiger partial charge in [0.2, 0.25) is 0 Å². The first-order valence-corrected chi connectivity index (χ1v) is 8.67. The minimum atomic E-state index is 0.259. The van der Waals surface area contributed by atoms with E-state index in [1.807, 2.05) is 0 Å². The number of nitrogens with two attached hydrogens (primary N) is 1. The van der Waals surface area contributed by atoms with E-state index in [0.717, 1.165) is 13.1 Å². The highest BCUT2D eigenvalue weighted by Gasteiger charge is 2.17. The van der Waals surface area contributed by atoms with Gasteiger partial charge in [-0.1, -0.05) is 66.2 Å². The Morgan fingerprint density at radius 1 is 0.900 bits per heavy atom. The molecule has 0 radical (unpaired) electrons. The normalized spacial score (nSPS) is 14.0. The van der Waals surface area contributed by atoms with Crippen LogP contribution < -0.4 is 5.73 Å². The third-order valence-electron chi connectivity index (χ3n) is 4.38. The van der Waals surface area contributed by atoms with Crippen LogP contribution in [0, 0.1) is 17.2 Å². The zero-order valence-electron chi connectivity index (χ0n) is 14.3. The maximum absolute atomic E-state index is 7.85. The van der Waals surface area contributed by atoms with E-state index < -0.39 is 0 Å². The topological polar surface area (TPSA) is 53.1 Å². The molecule has 0 saturated heterocycles. The molecule has 0 saturated carbocycles. The molecule has 0 amide bonds. The Balaban J connectivity index is 4.41. The highest BCUT2D eigenvalue weighted by molar-refractivity contribution is 5.74. The first-order chi connectivity index (χ1) is 9.58. The second kappa shape index (κ2) is 12.0. The molecule has 0 aliphatic heterocycles. The van der Waals surface area contributed by atoms with E-state index in [0.29, 0.717) is 11.8 Å². The van der Waals surface area contributed by atoms with Gasteiger partial charge in [0.05, 0.1) is 0 Å². The fraction of sp³-hybridized carbons (Fsp3) is 0.941. The number of hydrogen-bond donors (Lipinski definition) is 2. The van der Waals surface area contributed by atoms with Crippen LogP contribution in [0.5, 0.6) is 0 Å². The van der Waals surface area contributed by atoms with E-state index in [1.165, 1.54) is 51.4 Å². The summed E-state index contributed by atoms with van der Waals surface area (Å²) in [6.45, 7) is 10.9. The van der Waals surface area contributed by atoms with Crippen LogP contribution in [0.2, 0.25) is 0 Å². The molecule has 3 heteroatoms. The molecule has 0 aliphatic rings. The summed E-state index contributed by atoms with van der Waals surface area (Å²) in [5, 5.41) is 7.85. The fourth-order valence-corrected chi connectivity index (χ4v) is 2.73. The summed E-state index contributed by atoms with van der Waals surface area (Å²) in [6, 6.07) is 0. The minimum absolute atomic E-state index is 0.259. The average Bonchev–Trinajstić information content (AvgIpc) is 2.45. The Morgan fingerprint density at radius 2 is 1.30 bits per heavy atom. The van der Waals surface area contributed by atoms with Gasteiger partial charge in [-0.3, -0.25) is 5.41 Å². The van der Waals surface area contributed by atoms with Gasteiger partial charge in [-0.25, -0.2) is 0 Å². The van der Waals surface area contributed by atoms with Crippen molar-refractivity contribution in [2.24, 2.45) is 17.6 Å². The van der Waals surface area contributed by atoms with Gasteiger partial charge in [0.1, 0.15) is 0 Å². The van der Waals surface area contributed by atoms with Crippen LogP contribution in [-0.2, 0) is 0 Å². The van der Waals surface area contributed by atoms with Crippen LogP contribution in [0.3, 0.4) is 0 Å². The molecule has 2 unspecified atom stereocenters. The molecule has 0 aromatic heterocycles. The van der Waals surface area contributed by atoms with Crippen molar-refractivity contribution in [2.45, 2.75) is 79.1 Å². The molecule has 0 spiro atoms. The van der Waals surface area contributed by atoms with Gasteiger partial charge in [-0.05, 0) is 24.7 Å². The predicted molar refractivity (Wildman–Crippen MR) is 90.1 cm³/mol. The third-order valence-corrected chi connectivity index (χ3v) is 4.38. The van der Waals surface area contributed by atoms with Crippen LogP contribution in [0.4, 0.5) is 0 Å². The predicted octanol–water partition coefficient (Wildman–Crippen LogP) is 4.61. The van der Waals surface area contributed by atoms with Crippen LogP contribution in [0.25, 0.3) is 0 Å². The van der Waals surface area contributed by atoms with Crippen LogP contribution in [-0.4, -0.2) is 23.9 Å². The van der Waals surface area contributed by atoms with Crippen LogP contribution in [0.15, 0.2) is 0 Å². The van der Waals surface area contributed by atoms with E-state index in [-0.39, 0.29) is 5.96 Å². The van der Waals surface area contributed by atoms with E-state index in [4.69, 9.17) is 11.1 Å². The quantitative estimate of drug-likeness (QED) is 0.406. The maximum atomic E-state index is 7.85. The van der Waals surface area contributed by atoms with Crippen molar-refractivity contribution in [2.75, 3.05) is 13.1 Å². The van der Waals surface area contributed by atoms with Crippen LogP contribution in [0.1, 0.15) is 79.1 Å². The molecule has 0 rings (SSSR count). The van der Waals surface area contributed by atoms with Gasteiger partial charge in [-0.2, -0.15) is 0 Å². The highest BCUT2D eigenvalue weighted by atomic mass is 15.2. The first kappa shape index (κ1) is 19.3. The van der Waals surface area contributed by atoms with E-state index in [1.54, 1.807) is 0 Å². The summed E-state index contributed by atoms with van der Waals surface area (Å²) >= 11 is 0. The summed E-state index contributed by atoms with van der Waals surface area (Å²) in [5.41, 5.74) is 5.81. The lowest BCUT2D eigenvalue weighted by Gasteiger charge is -2.30. The zero-order chi connectivity index (χ0) is 15.4. The number of hydrogen-bond acceptors (Lipinski definition) is 1. The van der Waals surface area contributed by atoms with Crippen molar-refractivity contribution in [3.05, 3.63) is 0 Å². The molecule has 3 N–H and O–H groups in total. The Labute approximate surface area is 126 Å².